The van der Waals surface area contributed by atoms with Crippen LogP contribution in [-0.4, -0.2) is 74.8 Å². The van der Waals surface area contributed by atoms with Crippen LogP contribution in [0.15, 0.2) is 0 Å². The van der Waals surface area contributed by atoms with Crippen LogP contribution < -0.4 is 5.48 Å². The molecule has 0 aromatic rings. The van der Waals surface area contributed by atoms with Gasteiger partial charge in [0.05, 0.1) is 12.8 Å². The second-order valence-electron chi connectivity index (χ2n) is 2.79. The molecule has 4 N–H and O–H groups in total. The van der Waals surface area contributed by atoms with Gasteiger partial charge in [-0.15, -0.1) is 0 Å². The third kappa shape index (κ3) is 6.89. The molecule has 0 saturated heterocycles. The van der Waals surface area contributed by atoms with E-state index in [-0.39, 0.29) is 36.0 Å². The summed E-state index contributed by atoms with van der Waals surface area (Å²) < 4.78 is 0. The minimum atomic E-state index is -2.77. The molecule has 0 aromatic heterocycles. The molecular formula is C7H10NNaO8. The van der Waals surface area contributed by atoms with E-state index in [9.17, 15) is 24.3 Å². The average molecular weight is 259 g/mol. The van der Waals surface area contributed by atoms with E-state index in [0.717, 1.165) is 0 Å². The van der Waals surface area contributed by atoms with E-state index >= 15 is 0 Å². The number of hydrogen-bond acceptors (Lipinski definition) is 6. The van der Waals surface area contributed by atoms with Crippen molar-refractivity contribution in [2.75, 3.05) is 0 Å². The molecule has 0 aliphatic rings. The second kappa shape index (κ2) is 8.01. The number of hydroxylamine groups is 1. The Morgan fingerprint density at radius 2 is 1.76 bits per heavy atom. The molecule has 0 aromatic carbocycles. The van der Waals surface area contributed by atoms with E-state index in [2.05, 4.69) is 4.84 Å². The first-order chi connectivity index (χ1) is 7.31. The molecule has 0 spiro atoms. The molecule has 10 heteroatoms. The second-order valence-corrected chi connectivity index (χ2v) is 2.79. The number of carbonyl (C=O) groups excluding carboxylic acids is 2. The third-order valence-corrected chi connectivity index (χ3v) is 1.50. The van der Waals surface area contributed by atoms with E-state index in [1.807, 2.05) is 0 Å². The number of aliphatic hydroxyl groups is 1. The monoisotopic (exact) mass is 259 g/mol. The van der Waals surface area contributed by atoms with Crippen molar-refractivity contribution in [3.8, 4) is 0 Å². The Hall–Kier alpha value is -1.16. The van der Waals surface area contributed by atoms with E-state index in [1.54, 1.807) is 0 Å². The van der Waals surface area contributed by atoms with Crippen molar-refractivity contribution in [3.05, 3.63) is 0 Å². The molecule has 1 unspecified atom stereocenters. The van der Waals surface area contributed by atoms with Crippen molar-refractivity contribution in [1.29, 1.82) is 0 Å². The zero-order chi connectivity index (χ0) is 12.8. The summed E-state index contributed by atoms with van der Waals surface area (Å²) in [6, 6.07) is 0. The number of carboxylic acid groups (broad SMARTS) is 2. The first kappa shape index (κ1) is 18.2. The summed E-state index contributed by atoms with van der Waals surface area (Å²) in [5.74, 6) is -4.75. The van der Waals surface area contributed by atoms with E-state index < -0.39 is 36.4 Å². The van der Waals surface area contributed by atoms with Crippen molar-refractivity contribution < 1.29 is 39.3 Å². The average Bonchev–Trinajstić information content (AvgIpc) is 2.12. The first-order valence-electron chi connectivity index (χ1n) is 3.88. The van der Waals surface area contributed by atoms with Gasteiger partial charge in [-0.05, 0) is 0 Å². The SMILES string of the molecule is O=CNOC(=O)CC(O)(CC(=O)O)C(=O)O.[NaH]. The molecular weight excluding hydrogens is 249 g/mol. The Balaban J connectivity index is 0. The normalized spacial score (nSPS) is 12.5. The summed E-state index contributed by atoms with van der Waals surface area (Å²) in [6.07, 6.45) is -2.26. The fourth-order valence-corrected chi connectivity index (χ4v) is 0.829. The van der Waals surface area contributed by atoms with Crippen LogP contribution in [0.3, 0.4) is 0 Å². The Bertz CT molecular complexity index is 319. The molecule has 1 atom stereocenters. The number of amides is 1. The summed E-state index contributed by atoms with van der Waals surface area (Å²) in [5.41, 5.74) is -1.29. The summed E-state index contributed by atoms with van der Waals surface area (Å²) >= 11 is 0. The van der Waals surface area contributed by atoms with Crippen LogP contribution in [0.2, 0.25) is 0 Å². The van der Waals surface area contributed by atoms with Crippen LogP contribution in [0.1, 0.15) is 12.8 Å². The summed E-state index contributed by atoms with van der Waals surface area (Å²) in [6.45, 7) is 0. The molecule has 17 heavy (non-hydrogen) atoms. The molecule has 9 nitrogen and oxygen atoms in total. The topological polar surface area (TPSA) is 150 Å². The fourth-order valence-electron chi connectivity index (χ4n) is 0.829. The van der Waals surface area contributed by atoms with Gasteiger partial charge in [-0.25, -0.2) is 9.59 Å². The van der Waals surface area contributed by atoms with Gasteiger partial charge >= 0.3 is 47.5 Å². The van der Waals surface area contributed by atoms with Crippen LogP contribution in [0.5, 0.6) is 0 Å². The third-order valence-electron chi connectivity index (χ3n) is 1.50. The maximum absolute atomic E-state index is 10.8. The molecule has 0 rings (SSSR count). The number of nitrogens with one attached hydrogen (secondary N) is 1. The van der Waals surface area contributed by atoms with E-state index in [1.165, 1.54) is 5.48 Å². The zero-order valence-corrected chi connectivity index (χ0v) is 7.87. The van der Waals surface area contributed by atoms with Gasteiger partial charge < -0.3 is 20.2 Å². The molecule has 0 heterocycles. The van der Waals surface area contributed by atoms with Crippen LogP contribution in [0, 0.1) is 0 Å². The Morgan fingerprint density at radius 1 is 1.24 bits per heavy atom. The van der Waals surface area contributed by atoms with Gasteiger partial charge in [0.15, 0.2) is 5.60 Å². The van der Waals surface area contributed by atoms with Crippen molar-refractivity contribution in [2.24, 2.45) is 0 Å². The molecule has 92 valence electrons. The van der Waals surface area contributed by atoms with E-state index in [0.29, 0.717) is 0 Å². The molecule has 0 aliphatic heterocycles. The summed E-state index contributed by atoms with van der Waals surface area (Å²) in [5, 5.41) is 26.2. The summed E-state index contributed by atoms with van der Waals surface area (Å²) in [4.78, 5) is 45.3. The van der Waals surface area contributed by atoms with Gasteiger partial charge in [0.1, 0.15) is 0 Å². The maximum atomic E-state index is 10.8. The predicted molar refractivity (Wildman–Crippen MR) is 51.9 cm³/mol. The number of carboxylic acids is 2. The van der Waals surface area contributed by atoms with Gasteiger partial charge in [0.25, 0.3) is 0 Å². The van der Waals surface area contributed by atoms with Crippen molar-refractivity contribution in [1.82, 2.24) is 5.48 Å². The molecule has 0 bridgehead atoms. The zero-order valence-electron chi connectivity index (χ0n) is 7.87. The Labute approximate surface area is 117 Å². The van der Waals surface area contributed by atoms with Gasteiger partial charge in [-0.1, -0.05) is 0 Å². The number of hydrogen-bond donors (Lipinski definition) is 4. The Kier molecular flexibility index (Phi) is 8.58. The molecule has 0 radical (unpaired) electrons. The van der Waals surface area contributed by atoms with Crippen molar-refractivity contribution >= 4 is 53.9 Å². The first-order valence-corrected chi connectivity index (χ1v) is 3.88. The standard InChI is InChI=1S/C7H9NO8.Na.H/c9-3-8-16-5(12)2-7(15,6(13)14)1-4(10)11;;/h3,15H,1-2H2,(H,8,9)(H,10,11)(H,13,14);;. The fraction of sp³-hybridized carbons (Fsp3) is 0.429. The number of aliphatic carboxylic acids is 2. The molecule has 0 saturated carbocycles. The van der Waals surface area contributed by atoms with Gasteiger partial charge in [-0.3, -0.25) is 9.59 Å². The summed E-state index contributed by atoms with van der Waals surface area (Å²) in [7, 11) is 0. The van der Waals surface area contributed by atoms with E-state index in [4.69, 9.17) is 10.2 Å². The molecule has 0 fully saturated rings. The van der Waals surface area contributed by atoms with Gasteiger partial charge in [0.2, 0.25) is 6.41 Å². The van der Waals surface area contributed by atoms with Crippen LogP contribution in [0.25, 0.3) is 0 Å². The number of rotatable bonds is 7. The minimum absolute atomic E-state index is 0. The quantitative estimate of drug-likeness (QED) is 0.218. The Morgan fingerprint density at radius 3 is 2.12 bits per heavy atom. The van der Waals surface area contributed by atoms with Crippen molar-refractivity contribution in [3.63, 3.8) is 0 Å². The van der Waals surface area contributed by atoms with Gasteiger partial charge in [0, 0.05) is 0 Å². The number of carbonyl (C=O) groups is 4. The molecule has 1 amide bonds. The van der Waals surface area contributed by atoms with Crippen LogP contribution >= 0.6 is 0 Å². The van der Waals surface area contributed by atoms with Crippen molar-refractivity contribution in [2.45, 2.75) is 18.4 Å². The van der Waals surface area contributed by atoms with Crippen LogP contribution in [-0.2, 0) is 24.0 Å². The predicted octanol–water partition coefficient (Wildman–Crippen LogP) is -2.78. The molecule has 0 aliphatic carbocycles. The van der Waals surface area contributed by atoms with Gasteiger partial charge in [-0.2, -0.15) is 5.48 Å². The van der Waals surface area contributed by atoms with Crippen LogP contribution in [0.4, 0.5) is 0 Å².